The maximum absolute atomic E-state index is 13.9. The predicted octanol–water partition coefficient (Wildman–Crippen LogP) is 5.10. The molecule has 3 aromatic rings. The van der Waals surface area contributed by atoms with Crippen LogP contribution in [0.2, 0.25) is 5.02 Å². The van der Waals surface area contributed by atoms with Crippen LogP contribution in [0.25, 0.3) is 5.76 Å². The van der Waals surface area contributed by atoms with E-state index in [2.05, 4.69) is 0 Å². The van der Waals surface area contributed by atoms with Crippen molar-refractivity contribution in [3.63, 3.8) is 0 Å². The summed E-state index contributed by atoms with van der Waals surface area (Å²) in [6, 6.07) is 11.9. The standard InChI is InChI=1S/C23H17ClFNO5/c1-2-30-15-8-9-17(24)16(12-15)21(27)19-20(18-7-4-10-31-18)26(23(29)22(19)28)14-6-3-5-13(25)11-14/h3-12,20,27H,2H2,1H3/b21-19-. The average Bonchev–Trinajstić information content (AvgIpc) is 3.36. The van der Waals surface area contributed by atoms with E-state index in [1.165, 1.54) is 36.6 Å². The molecule has 1 amide bonds. The van der Waals surface area contributed by atoms with Gasteiger partial charge in [0.15, 0.2) is 0 Å². The molecule has 1 unspecified atom stereocenters. The van der Waals surface area contributed by atoms with Crippen LogP contribution in [0.1, 0.15) is 24.3 Å². The highest BCUT2D eigenvalue weighted by Gasteiger charge is 2.48. The summed E-state index contributed by atoms with van der Waals surface area (Å²) < 4.78 is 24.8. The van der Waals surface area contributed by atoms with Crippen molar-refractivity contribution in [3.05, 3.63) is 88.6 Å². The molecule has 0 saturated carbocycles. The van der Waals surface area contributed by atoms with Gasteiger partial charge in [-0.25, -0.2) is 4.39 Å². The molecule has 4 rings (SSSR count). The second kappa shape index (κ2) is 8.28. The van der Waals surface area contributed by atoms with Gasteiger partial charge in [0.05, 0.1) is 23.5 Å². The summed E-state index contributed by atoms with van der Waals surface area (Å²) in [6.45, 7) is 2.19. The number of hydrogen-bond acceptors (Lipinski definition) is 5. The number of amides is 1. The molecule has 6 nitrogen and oxygen atoms in total. The second-order valence-corrected chi connectivity index (χ2v) is 7.15. The Morgan fingerprint density at radius 2 is 2.00 bits per heavy atom. The quantitative estimate of drug-likeness (QED) is 0.338. The van der Waals surface area contributed by atoms with E-state index in [1.54, 1.807) is 25.1 Å². The van der Waals surface area contributed by atoms with E-state index in [-0.39, 0.29) is 27.6 Å². The van der Waals surface area contributed by atoms with Crippen molar-refractivity contribution in [3.8, 4) is 5.75 Å². The molecule has 1 aliphatic heterocycles. The van der Waals surface area contributed by atoms with Gasteiger partial charge in [-0.15, -0.1) is 0 Å². The smallest absolute Gasteiger partial charge is 0.300 e. The normalized spacial score (nSPS) is 17.9. The molecule has 1 aromatic heterocycles. The van der Waals surface area contributed by atoms with Crippen LogP contribution in [0.5, 0.6) is 5.75 Å². The number of halogens is 2. The Morgan fingerprint density at radius 1 is 1.19 bits per heavy atom. The highest BCUT2D eigenvalue weighted by Crippen LogP contribution is 2.43. The molecule has 2 heterocycles. The van der Waals surface area contributed by atoms with Crippen LogP contribution < -0.4 is 9.64 Å². The lowest BCUT2D eigenvalue weighted by Crippen LogP contribution is -2.29. The number of anilines is 1. The third-order valence-corrected chi connectivity index (χ3v) is 5.18. The van der Waals surface area contributed by atoms with Gasteiger partial charge >= 0.3 is 0 Å². The van der Waals surface area contributed by atoms with E-state index < -0.39 is 29.3 Å². The molecule has 1 fully saturated rings. The lowest BCUT2D eigenvalue weighted by molar-refractivity contribution is -0.132. The van der Waals surface area contributed by atoms with E-state index in [0.717, 1.165) is 11.0 Å². The van der Waals surface area contributed by atoms with Gasteiger partial charge in [-0.05, 0) is 55.5 Å². The summed E-state index contributed by atoms with van der Waals surface area (Å²) >= 11 is 6.27. The molecule has 1 atom stereocenters. The largest absolute Gasteiger partial charge is 0.507 e. The average molecular weight is 442 g/mol. The molecule has 1 aliphatic rings. The Morgan fingerprint density at radius 3 is 2.68 bits per heavy atom. The van der Waals surface area contributed by atoms with Gasteiger partial charge in [0.25, 0.3) is 11.7 Å². The SMILES string of the molecule is CCOc1ccc(Cl)c(/C(O)=C2/C(=O)C(=O)N(c3cccc(F)c3)C2c2ccco2)c1. The van der Waals surface area contributed by atoms with Crippen LogP contribution in [0, 0.1) is 5.82 Å². The number of aliphatic hydroxyl groups excluding tert-OH is 1. The number of nitrogens with zero attached hydrogens (tertiary/aromatic N) is 1. The summed E-state index contributed by atoms with van der Waals surface area (Å²) in [5.74, 6) is -2.27. The maximum atomic E-state index is 13.9. The van der Waals surface area contributed by atoms with Gasteiger partial charge in [-0.1, -0.05) is 17.7 Å². The molecule has 0 radical (unpaired) electrons. The van der Waals surface area contributed by atoms with Crippen LogP contribution >= 0.6 is 11.6 Å². The molecular formula is C23H17ClFNO5. The minimum atomic E-state index is -1.11. The molecule has 31 heavy (non-hydrogen) atoms. The number of ketones is 1. The van der Waals surface area contributed by atoms with Gasteiger partial charge in [0.1, 0.15) is 29.1 Å². The lowest BCUT2D eigenvalue weighted by atomic mass is 9.99. The third kappa shape index (κ3) is 3.68. The molecule has 158 valence electrons. The van der Waals surface area contributed by atoms with Gasteiger partial charge in [0, 0.05) is 11.3 Å². The highest BCUT2D eigenvalue weighted by atomic mass is 35.5. The van der Waals surface area contributed by atoms with Crippen LogP contribution in [-0.4, -0.2) is 23.4 Å². The zero-order valence-corrected chi connectivity index (χ0v) is 17.1. The summed E-state index contributed by atoms with van der Waals surface area (Å²) in [4.78, 5) is 27.0. The predicted molar refractivity (Wildman–Crippen MR) is 113 cm³/mol. The van der Waals surface area contributed by atoms with Gasteiger partial charge in [-0.3, -0.25) is 14.5 Å². The van der Waals surface area contributed by atoms with Crippen LogP contribution in [0.3, 0.4) is 0 Å². The first-order chi connectivity index (χ1) is 14.9. The fourth-order valence-electron chi connectivity index (χ4n) is 3.53. The number of benzene rings is 2. The molecule has 0 spiro atoms. The van der Waals surface area contributed by atoms with Crippen molar-refractivity contribution in [2.75, 3.05) is 11.5 Å². The van der Waals surface area contributed by atoms with E-state index in [9.17, 15) is 19.1 Å². The topological polar surface area (TPSA) is 80.0 Å². The van der Waals surface area contributed by atoms with Crippen LogP contribution in [-0.2, 0) is 9.59 Å². The highest BCUT2D eigenvalue weighted by molar-refractivity contribution is 6.51. The number of ether oxygens (including phenoxy) is 1. The van der Waals surface area contributed by atoms with Crippen molar-refractivity contribution < 1.29 is 28.2 Å². The van der Waals surface area contributed by atoms with E-state index >= 15 is 0 Å². The molecule has 2 aromatic carbocycles. The van der Waals surface area contributed by atoms with Crippen LogP contribution in [0.15, 0.2) is 70.9 Å². The number of Topliss-reactive ketones (excluding diaryl/α,β-unsaturated/α-hetero) is 1. The zero-order chi connectivity index (χ0) is 22.1. The number of carbonyl (C=O) groups is 2. The number of rotatable bonds is 5. The van der Waals surface area contributed by atoms with E-state index in [4.69, 9.17) is 20.8 Å². The van der Waals surface area contributed by atoms with Crippen molar-refractivity contribution in [2.24, 2.45) is 0 Å². The molecule has 8 heteroatoms. The first-order valence-electron chi connectivity index (χ1n) is 9.45. The summed E-state index contributed by atoms with van der Waals surface area (Å²) in [6.07, 6.45) is 1.38. The monoisotopic (exact) mass is 441 g/mol. The van der Waals surface area contributed by atoms with Crippen molar-refractivity contribution in [2.45, 2.75) is 13.0 Å². The number of furan rings is 1. The van der Waals surface area contributed by atoms with Gasteiger partial charge in [0.2, 0.25) is 0 Å². The summed E-state index contributed by atoms with van der Waals surface area (Å²) in [7, 11) is 0. The van der Waals surface area contributed by atoms with Crippen LogP contribution in [0.4, 0.5) is 10.1 Å². The Hall–Kier alpha value is -3.58. The zero-order valence-electron chi connectivity index (χ0n) is 16.3. The Kier molecular flexibility index (Phi) is 5.52. The molecule has 0 aliphatic carbocycles. The number of aliphatic hydroxyl groups is 1. The molecular weight excluding hydrogens is 425 g/mol. The maximum Gasteiger partial charge on any atom is 0.300 e. The lowest BCUT2D eigenvalue weighted by Gasteiger charge is -2.23. The van der Waals surface area contributed by atoms with E-state index in [0.29, 0.717) is 12.4 Å². The fraction of sp³-hybridized carbons (Fsp3) is 0.130. The summed E-state index contributed by atoms with van der Waals surface area (Å²) in [5, 5.41) is 11.3. The minimum absolute atomic E-state index is 0.126. The Bertz CT molecular complexity index is 1190. The first-order valence-corrected chi connectivity index (χ1v) is 9.83. The fourth-order valence-corrected chi connectivity index (χ4v) is 3.74. The third-order valence-electron chi connectivity index (χ3n) is 4.85. The summed E-state index contributed by atoms with van der Waals surface area (Å²) in [5.41, 5.74) is 0.0536. The Balaban J connectivity index is 1.93. The Labute approximate surface area is 182 Å². The molecule has 0 bridgehead atoms. The number of hydrogen-bond donors (Lipinski definition) is 1. The molecule has 1 N–H and O–H groups in total. The van der Waals surface area contributed by atoms with E-state index in [1.807, 2.05) is 0 Å². The van der Waals surface area contributed by atoms with Gasteiger partial charge < -0.3 is 14.3 Å². The van der Waals surface area contributed by atoms with Crippen molar-refractivity contribution >= 4 is 34.7 Å². The van der Waals surface area contributed by atoms with Gasteiger partial charge in [-0.2, -0.15) is 0 Å². The molecule has 1 saturated heterocycles. The first kappa shape index (κ1) is 20.7. The minimum Gasteiger partial charge on any atom is -0.507 e. The second-order valence-electron chi connectivity index (χ2n) is 6.74. The number of carbonyl (C=O) groups excluding carboxylic acids is 2. The van der Waals surface area contributed by atoms with Crippen molar-refractivity contribution in [1.82, 2.24) is 0 Å². The van der Waals surface area contributed by atoms with Crippen molar-refractivity contribution in [1.29, 1.82) is 0 Å².